The molecule has 0 bridgehead atoms. The second kappa shape index (κ2) is 4.72. The highest BCUT2D eigenvalue weighted by Crippen LogP contribution is 2.21. The second-order valence-corrected chi connectivity index (χ2v) is 3.61. The molecule has 1 fully saturated rings. The second-order valence-electron chi connectivity index (χ2n) is 3.05. The van der Waals surface area contributed by atoms with Gasteiger partial charge in [0.15, 0.2) is 0 Å². The van der Waals surface area contributed by atoms with Crippen LogP contribution >= 0.6 is 15.9 Å². The molecule has 0 saturated carbocycles. The molecule has 0 aromatic rings. The van der Waals surface area contributed by atoms with Crippen molar-refractivity contribution in [1.82, 2.24) is 4.90 Å². The van der Waals surface area contributed by atoms with Crippen LogP contribution in [0.2, 0.25) is 0 Å². The van der Waals surface area contributed by atoms with Gasteiger partial charge in [-0.15, -0.1) is 0 Å². The first kappa shape index (κ1) is 11.4. The molecule has 1 aliphatic rings. The van der Waals surface area contributed by atoms with Gasteiger partial charge in [0.05, 0.1) is 19.0 Å². The summed E-state index contributed by atoms with van der Waals surface area (Å²) in [7, 11) is 1.23. The number of ether oxygens (including phenoxy) is 1. The molecule has 6 heteroatoms. The van der Waals surface area contributed by atoms with Crippen LogP contribution in [-0.4, -0.2) is 48.0 Å². The number of rotatable bonds is 2. The van der Waals surface area contributed by atoms with Crippen molar-refractivity contribution in [2.24, 2.45) is 0 Å². The number of hydrogen-bond acceptors (Lipinski definition) is 3. The molecular weight excluding hydrogens is 257 g/mol. The molecule has 14 heavy (non-hydrogen) atoms. The van der Waals surface area contributed by atoms with Crippen molar-refractivity contribution < 1.29 is 18.7 Å². The summed E-state index contributed by atoms with van der Waals surface area (Å²) in [6.07, 6.45) is -1.10. The normalized spacial score (nSPS) is 26.4. The highest BCUT2D eigenvalue weighted by molar-refractivity contribution is 9.09. The van der Waals surface area contributed by atoms with Crippen molar-refractivity contribution >= 4 is 27.8 Å². The van der Waals surface area contributed by atoms with Gasteiger partial charge in [0.25, 0.3) is 0 Å². The SMILES string of the molecule is COC(=O)[C@H]1C[C@H](F)CN1C(=O)CBr. The zero-order valence-corrected chi connectivity index (χ0v) is 9.29. The lowest BCUT2D eigenvalue weighted by atomic mass is 10.2. The molecule has 2 atom stereocenters. The molecule has 1 saturated heterocycles. The number of carbonyl (C=O) groups excluding carboxylic acids is 2. The number of esters is 1. The summed E-state index contributed by atoms with van der Waals surface area (Å²) >= 11 is 2.98. The van der Waals surface area contributed by atoms with Crippen molar-refractivity contribution in [3.63, 3.8) is 0 Å². The van der Waals surface area contributed by atoms with Crippen molar-refractivity contribution in [3.05, 3.63) is 0 Å². The predicted octanol–water partition coefficient (Wildman–Crippen LogP) is 0.493. The van der Waals surface area contributed by atoms with Gasteiger partial charge in [-0.2, -0.15) is 0 Å². The Balaban J connectivity index is 2.72. The van der Waals surface area contributed by atoms with Crippen LogP contribution in [0.3, 0.4) is 0 Å². The third kappa shape index (κ3) is 2.23. The highest BCUT2D eigenvalue weighted by Gasteiger charge is 2.39. The Bertz CT molecular complexity index is 225. The van der Waals surface area contributed by atoms with Gasteiger partial charge in [0.1, 0.15) is 12.2 Å². The van der Waals surface area contributed by atoms with Crippen LogP contribution in [0.15, 0.2) is 0 Å². The predicted molar refractivity (Wildman–Crippen MR) is 50.8 cm³/mol. The fourth-order valence-corrected chi connectivity index (χ4v) is 1.82. The van der Waals surface area contributed by atoms with Crippen LogP contribution < -0.4 is 0 Å². The summed E-state index contributed by atoms with van der Waals surface area (Å²) in [5, 5.41) is 0.0905. The van der Waals surface area contributed by atoms with E-state index in [0.717, 1.165) is 0 Å². The number of amides is 1. The number of halogens is 2. The van der Waals surface area contributed by atoms with E-state index in [1.807, 2.05) is 0 Å². The minimum Gasteiger partial charge on any atom is -0.467 e. The lowest BCUT2D eigenvalue weighted by Crippen LogP contribution is -2.41. The summed E-state index contributed by atoms with van der Waals surface area (Å²) in [5.41, 5.74) is 0. The van der Waals surface area contributed by atoms with Gasteiger partial charge in [-0.05, 0) is 0 Å². The van der Waals surface area contributed by atoms with Crippen LogP contribution in [0.5, 0.6) is 0 Å². The molecular formula is C8H11BrFNO3. The van der Waals surface area contributed by atoms with E-state index in [1.165, 1.54) is 12.0 Å². The molecule has 0 radical (unpaired) electrons. The van der Waals surface area contributed by atoms with Gasteiger partial charge in [-0.1, -0.05) is 15.9 Å². The Morgan fingerprint density at radius 2 is 2.29 bits per heavy atom. The summed E-state index contributed by atoms with van der Waals surface area (Å²) < 4.78 is 17.5. The maximum absolute atomic E-state index is 13.0. The van der Waals surface area contributed by atoms with E-state index in [0.29, 0.717) is 0 Å². The van der Waals surface area contributed by atoms with Crippen molar-refractivity contribution in [3.8, 4) is 0 Å². The Morgan fingerprint density at radius 1 is 1.64 bits per heavy atom. The van der Waals surface area contributed by atoms with Crippen LogP contribution in [0.1, 0.15) is 6.42 Å². The topological polar surface area (TPSA) is 46.6 Å². The molecule has 1 amide bonds. The lowest BCUT2D eigenvalue weighted by molar-refractivity contribution is -0.150. The summed E-state index contributed by atoms with van der Waals surface area (Å²) in [5.74, 6) is -0.847. The molecule has 0 spiro atoms. The first-order valence-electron chi connectivity index (χ1n) is 4.17. The van der Waals surface area contributed by atoms with E-state index in [4.69, 9.17) is 0 Å². The van der Waals surface area contributed by atoms with Crippen LogP contribution in [0, 0.1) is 0 Å². The first-order chi connectivity index (χ1) is 6.60. The van der Waals surface area contributed by atoms with Gasteiger partial charge in [0, 0.05) is 6.42 Å². The third-order valence-corrected chi connectivity index (χ3v) is 2.64. The summed E-state index contributed by atoms with van der Waals surface area (Å²) in [6, 6.07) is -0.764. The van der Waals surface area contributed by atoms with Gasteiger partial charge in [-0.25, -0.2) is 9.18 Å². The van der Waals surface area contributed by atoms with E-state index in [9.17, 15) is 14.0 Å². The smallest absolute Gasteiger partial charge is 0.328 e. The van der Waals surface area contributed by atoms with Crippen LogP contribution in [0.4, 0.5) is 4.39 Å². The fourth-order valence-electron chi connectivity index (χ4n) is 1.50. The Kier molecular flexibility index (Phi) is 3.86. The number of methoxy groups -OCH3 is 1. The maximum Gasteiger partial charge on any atom is 0.328 e. The molecule has 1 aliphatic heterocycles. The molecule has 0 N–H and O–H groups in total. The van der Waals surface area contributed by atoms with Crippen molar-refractivity contribution in [1.29, 1.82) is 0 Å². The number of alkyl halides is 2. The quantitative estimate of drug-likeness (QED) is 0.541. The number of carbonyl (C=O) groups is 2. The van der Waals surface area contributed by atoms with E-state index in [2.05, 4.69) is 20.7 Å². The zero-order valence-electron chi connectivity index (χ0n) is 7.70. The van der Waals surface area contributed by atoms with E-state index < -0.39 is 18.2 Å². The van der Waals surface area contributed by atoms with Gasteiger partial charge < -0.3 is 9.64 Å². The monoisotopic (exact) mass is 267 g/mol. The van der Waals surface area contributed by atoms with Gasteiger partial charge in [0.2, 0.25) is 5.91 Å². The van der Waals surface area contributed by atoms with Gasteiger partial charge in [-0.3, -0.25) is 4.79 Å². The molecule has 80 valence electrons. The highest BCUT2D eigenvalue weighted by atomic mass is 79.9. The first-order valence-corrected chi connectivity index (χ1v) is 5.29. The molecule has 0 unspecified atom stereocenters. The minimum atomic E-state index is -1.14. The Morgan fingerprint density at radius 3 is 2.79 bits per heavy atom. The molecule has 1 rings (SSSR count). The molecule has 4 nitrogen and oxygen atoms in total. The Hall–Kier alpha value is -0.650. The maximum atomic E-state index is 13.0. The largest absolute Gasteiger partial charge is 0.467 e. The molecule has 0 aliphatic carbocycles. The molecule has 0 aromatic carbocycles. The average molecular weight is 268 g/mol. The van der Waals surface area contributed by atoms with Gasteiger partial charge >= 0.3 is 5.97 Å². The van der Waals surface area contributed by atoms with E-state index in [-0.39, 0.29) is 24.2 Å². The number of likely N-dealkylation sites (tertiary alicyclic amines) is 1. The molecule has 0 aromatic heterocycles. The third-order valence-electron chi connectivity index (χ3n) is 2.16. The van der Waals surface area contributed by atoms with Crippen molar-refractivity contribution in [2.45, 2.75) is 18.6 Å². The molecule has 1 heterocycles. The minimum absolute atomic E-state index is 0.0236. The van der Waals surface area contributed by atoms with Crippen LogP contribution in [-0.2, 0) is 14.3 Å². The number of nitrogens with zero attached hydrogens (tertiary/aromatic N) is 1. The fraction of sp³-hybridized carbons (Fsp3) is 0.750. The summed E-state index contributed by atoms with van der Waals surface area (Å²) in [4.78, 5) is 23.7. The van der Waals surface area contributed by atoms with Crippen molar-refractivity contribution in [2.75, 3.05) is 19.0 Å². The van der Waals surface area contributed by atoms with E-state index in [1.54, 1.807) is 0 Å². The standard InChI is InChI=1S/C8H11BrFNO3/c1-14-8(13)6-2-5(10)4-11(6)7(12)3-9/h5-6H,2-4H2,1H3/t5-,6+/m0/s1. The summed E-state index contributed by atoms with van der Waals surface area (Å²) in [6.45, 7) is -0.0236. The zero-order chi connectivity index (χ0) is 10.7. The van der Waals surface area contributed by atoms with E-state index >= 15 is 0 Å². The van der Waals surface area contributed by atoms with Crippen LogP contribution in [0.25, 0.3) is 0 Å². The lowest BCUT2D eigenvalue weighted by Gasteiger charge is -2.20. The Labute approximate surface area is 89.5 Å². The number of hydrogen-bond donors (Lipinski definition) is 0. The average Bonchev–Trinajstić information content (AvgIpc) is 2.58.